The number of pyridine rings is 1. The van der Waals surface area contributed by atoms with Crippen molar-refractivity contribution in [1.82, 2.24) is 4.98 Å². The van der Waals surface area contributed by atoms with E-state index in [4.69, 9.17) is 5.41 Å². The number of nitrogens with zero attached hydrogens (tertiary/aromatic N) is 1. The lowest BCUT2D eigenvalue weighted by molar-refractivity contribution is -0.274. The normalized spacial score (nSPS) is 12.1. The summed E-state index contributed by atoms with van der Waals surface area (Å²) < 4.78 is 40.4. The minimum atomic E-state index is -4.77. The highest BCUT2D eigenvalue weighted by Gasteiger charge is 2.31. The number of allylic oxidation sites excluding steroid dienone is 1. The minimum Gasteiger partial charge on any atom is -0.406 e. The zero-order valence-corrected chi connectivity index (χ0v) is 21.3. The summed E-state index contributed by atoms with van der Waals surface area (Å²) >= 11 is 0. The van der Waals surface area contributed by atoms with Crippen LogP contribution in [0.15, 0.2) is 49.2 Å². The third kappa shape index (κ3) is 11.0. The van der Waals surface area contributed by atoms with Crippen molar-refractivity contribution in [1.29, 1.82) is 5.41 Å². The number of rotatable bonds is 10. The van der Waals surface area contributed by atoms with Crippen molar-refractivity contribution in [3.05, 3.63) is 60.3 Å². The highest BCUT2D eigenvalue weighted by Crippen LogP contribution is 2.29. The van der Waals surface area contributed by atoms with Gasteiger partial charge in [0.05, 0.1) is 6.61 Å². The fraction of sp³-hybridized carbons (Fsp3) is 0.423. The molecule has 0 aliphatic heterocycles. The molecular weight excluding hydrogens is 475 g/mol. The molecule has 0 saturated heterocycles. The maximum Gasteiger partial charge on any atom is 0.573 e. The van der Waals surface area contributed by atoms with Crippen molar-refractivity contribution in [3.63, 3.8) is 0 Å². The number of anilines is 2. The topological polar surface area (TPSA) is 116 Å². The molecule has 0 aliphatic carbocycles. The third-order valence-electron chi connectivity index (χ3n) is 4.82. The molecule has 2 atom stereocenters. The van der Waals surface area contributed by atoms with E-state index in [1.165, 1.54) is 30.5 Å². The Kier molecular flexibility index (Phi) is 15.0. The van der Waals surface area contributed by atoms with Crippen LogP contribution in [0.4, 0.5) is 24.7 Å². The molecule has 0 bridgehead atoms. The molecule has 0 fully saturated rings. The van der Waals surface area contributed by atoms with E-state index in [1.54, 1.807) is 6.92 Å². The van der Waals surface area contributed by atoms with E-state index in [0.717, 1.165) is 18.6 Å². The Morgan fingerprint density at radius 3 is 2.22 bits per heavy atom. The van der Waals surface area contributed by atoms with Gasteiger partial charge in [0.25, 0.3) is 0 Å². The standard InChI is InChI=1S/C17H18F3N3O3.C7H12O.C2H6/c1-2-13(21)15-12(14(25)9-24)7-8-22-16(15)23-10-3-5-11(6-4-10)26-17(18,19)20;1-4-6(3)7(8)5-2;1-2/h3-8,14,21,24-25H,2,9H2,1H3,(H,22,23);5-6H,2,4H2,1,3H3;1-2H3. The second-order valence-electron chi connectivity index (χ2n) is 7.27. The second kappa shape index (κ2) is 16.4. The second-order valence-corrected chi connectivity index (χ2v) is 7.27. The van der Waals surface area contributed by atoms with E-state index in [0.29, 0.717) is 23.2 Å². The highest BCUT2D eigenvalue weighted by molar-refractivity contribution is 6.04. The lowest BCUT2D eigenvalue weighted by Crippen LogP contribution is -2.17. The predicted octanol–water partition coefficient (Wildman–Crippen LogP) is 6.34. The summed E-state index contributed by atoms with van der Waals surface area (Å²) in [5, 5.41) is 30.2. The number of aromatic nitrogens is 1. The SMILES string of the molecule is C=CC(=O)C(C)CC.CC.CCC(=N)c1c(C(O)CO)ccnc1Nc1ccc(OC(F)(F)F)cc1. The summed E-state index contributed by atoms with van der Waals surface area (Å²) in [5.74, 6) is 0.202. The maximum atomic E-state index is 12.2. The van der Waals surface area contributed by atoms with Crippen LogP contribution >= 0.6 is 0 Å². The average molecular weight is 512 g/mol. The number of halogens is 3. The first-order valence-corrected chi connectivity index (χ1v) is 11.6. The first-order valence-electron chi connectivity index (χ1n) is 11.6. The third-order valence-corrected chi connectivity index (χ3v) is 4.82. The number of aliphatic hydroxyl groups is 2. The quantitative estimate of drug-likeness (QED) is 0.219. The van der Waals surface area contributed by atoms with E-state index in [2.05, 4.69) is 21.6 Å². The molecule has 0 radical (unpaired) electrons. The first kappa shape index (κ1) is 32.8. The predicted molar refractivity (Wildman–Crippen MR) is 136 cm³/mol. The molecule has 2 aromatic rings. The number of alkyl halides is 3. The molecule has 1 aromatic carbocycles. The summed E-state index contributed by atoms with van der Waals surface area (Å²) in [5.41, 5.74) is 1.30. The van der Waals surface area contributed by atoms with Gasteiger partial charge in [-0.15, -0.1) is 13.2 Å². The van der Waals surface area contributed by atoms with Gasteiger partial charge in [0.2, 0.25) is 0 Å². The molecule has 0 spiro atoms. The van der Waals surface area contributed by atoms with Crippen LogP contribution in [-0.2, 0) is 4.79 Å². The molecule has 2 unspecified atom stereocenters. The summed E-state index contributed by atoms with van der Waals surface area (Å²) in [6.07, 6.45) is -1.88. The van der Waals surface area contributed by atoms with Gasteiger partial charge in [-0.3, -0.25) is 4.79 Å². The molecule has 7 nitrogen and oxygen atoms in total. The van der Waals surface area contributed by atoms with Gasteiger partial charge in [0.1, 0.15) is 17.7 Å². The number of carbonyl (C=O) groups excluding carboxylic acids is 1. The lowest BCUT2D eigenvalue weighted by Gasteiger charge is -2.18. The van der Waals surface area contributed by atoms with Crippen molar-refractivity contribution in [2.75, 3.05) is 11.9 Å². The van der Waals surface area contributed by atoms with E-state index < -0.39 is 19.1 Å². The van der Waals surface area contributed by atoms with Crippen LogP contribution in [0, 0.1) is 11.3 Å². The zero-order chi connectivity index (χ0) is 27.9. The van der Waals surface area contributed by atoms with Crippen LogP contribution < -0.4 is 10.1 Å². The average Bonchev–Trinajstić information content (AvgIpc) is 2.88. The van der Waals surface area contributed by atoms with Crippen LogP contribution in [0.5, 0.6) is 5.75 Å². The Morgan fingerprint density at radius 2 is 1.81 bits per heavy atom. The van der Waals surface area contributed by atoms with Crippen LogP contribution in [0.1, 0.15) is 64.7 Å². The van der Waals surface area contributed by atoms with Gasteiger partial charge in [-0.1, -0.05) is 41.2 Å². The van der Waals surface area contributed by atoms with Gasteiger partial charge in [-0.25, -0.2) is 4.98 Å². The van der Waals surface area contributed by atoms with E-state index >= 15 is 0 Å². The fourth-order valence-electron chi connectivity index (χ4n) is 2.72. The molecule has 1 aromatic heterocycles. The Labute approximate surface area is 210 Å². The number of carbonyl (C=O) groups is 1. The smallest absolute Gasteiger partial charge is 0.406 e. The van der Waals surface area contributed by atoms with Crippen LogP contribution in [-0.4, -0.2) is 39.7 Å². The number of aliphatic hydroxyl groups excluding tert-OH is 2. The number of nitrogens with one attached hydrogen (secondary N) is 2. The number of hydrogen-bond acceptors (Lipinski definition) is 7. The van der Waals surface area contributed by atoms with Gasteiger partial charge in [-0.2, -0.15) is 0 Å². The van der Waals surface area contributed by atoms with E-state index in [-0.39, 0.29) is 29.0 Å². The monoisotopic (exact) mass is 511 g/mol. The van der Waals surface area contributed by atoms with Gasteiger partial charge >= 0.3 is 6.36 Å². The molecule has 200 valence electrons. The van der Waals surface area contributed by atoms with Gasteiger partial charge in [-0.05, 0) is 54.8 Å². The van der Waals surface area contributed by atoms with Crippen LogP contribution in [0.25, 0.3) is 0 Å². The summed E-state index contributed by atoms with van der Waals surface area (Å²) in [6.45, 7) is 12.5. The maximum absolute atomic E-state index is 12.2. The largest absolute Gasteiger partial charge is 0.573 e. The van der Waals surface area contributed by atoms with Gasteiger partial charge < -0.3 is 25.7 Å². The number of ether oxygens (including phenoxy) is 1. The minimum absolute atomic E-state index is 0.146. The van der Waals surface area contributed by atoms with Crippen LogP contribution in [0.3, 0.4) is 0 Å². The summed E-state index contributed by atoms with van der Waals surface area (Å²) in [4.78, 5) is 14.8. The summed E-state index contributed by atoms with van der Waals surface area (Å²) in [6, 6.07) is 6.54. The van der Waals surface area contributed by atoms with Crippen LogP contribution in [0.2, 0.25) is 0 Å². The molecule has 0 saturated carbocycles. The fourth-order valence-corrected chi connectivity index (χ4v) is 2.72. The molecule has 4 N–H and O–H groups in total. The lowest BCUT2D eigenvalue weighted by atomic mass is 9.98. The highest BCUT2D eigenvalue weighted by atomic mass is 19.4. The van der Waals surface area contributed by atoms with Crippen molar-refractivity contribution < 1.29 is 32.9 Å². The van der Waals surface area contributed by atoms with Crippen molar-refractivity contribution in [2.24, 2.45) is 5.92 Å². The Bertz CT molecular complexity index is 964. The molecule has 1 heterocycles. The molecule has 0 aliphatic rings. The van der Waals surface area contributed by atoms with Crippen molar-refractivity contribution in [3.8, 4) is 5.75 Å². The molecule has 2 rings (SSSR count). The Hall–Kier alpha value is -3.24. The molecular formula is C26H36F3N3O4. The Morgan fingerprint density at radius 1 is 1.22 bits per heavy atom. The summed E-state index contributed by atoms with van der Waals surface area (Å²) in [7, 11) is 0. The first-order chi connectivity index (χ1) is 17.0. The number of hydrogen-bond donors (Lipinski definition) is 4. The molecule has 10 heteroatoms. The van der Waals surface area contributed by atoms with E-state index in [1.807, 2.05) is 27.7 Å². The van der Waals surface area contributed by atoms with E-state index in [9.17, 15) is 28.2 Å². The molecule has 0 amide bonds. The van der Waals surface area contributed by atoms with Crippen molar-refractivity contribution >= 4 is 23.0 Å². The van der Waals surface area contributed by atoms with Crippen molar-refractivity contribution in [2.45, 2.75) is 59.9 Å². The number of ketones is 1. The van der Waals surface area contributed by atoms with Gasteiger partial charge in [0, 0.05) is 29.1 Å². The Balaban J connectivity index is 0.00000104. The zero-order valence-electron chi connectivity index (χ0n) is 21.3. The van der Waals surface area contributed by atoms with Gasteiger partial charge in [0.15, 0.2) is 5.78 Å². The number of benzene rings is 1. The molecule has 36 heavy (non-hydrogen) atoms.